The molecule has 2 aromatic rings. The first kappa shape index (κ1) is 28.0. The first-order chi connectivity index (χ1) is 12.2. The zero-order valence-corrected chi connectivity index (χ0v) is 16.5. The lowest BCUT2D eigenvalue weighted by molar-refractivity contribution is -0.437. The van der Waals surface area contributed by atoms with Crippen LogP contribution < -0.4 is 21.7 Å². The van der Waals surface area contributed by atoms with Gasteiger partial charge in [-0.15, -0.1) is 0 Å². The van der Waals surface area contributed by atoms with Crippen molar-refractivity contribution in [1.29, 1.82) is 0 Å². The van der Waals surface area contributed by atoms with Gasteiger partial charge in [0.1, 0.15) is 12.1 Å². The first-order valence-corrected chi connectivity index (χ1v) is 8.51. The normalized spacial score (nSPS) is 11.6. The fourth-order valence-corrected chi connectivity index (χ4v) is 2.23. The van der Waals surface area contributed by atoms with Crippen LogP contribution in [0.2, 0.25) is 10.0 Å². The second-order valence-corrected chi connectivity index (χ2v) is 6.57. The van der Waals surface area contributed by atoms with Crippen molar-refractivity contribution < 1.29 is 42.2 Å². The van der Waals surface area contributed by atoms with Crippen LogP contribution in [0, 0.1) is 0 Å². The number of quaternary nitrogens is 2. The zero-order chi connectivity index (χ0) is 19.7. The molecule has 0 saturated heterocycles. The summed E-state index contributed by atoms with van der Waals surface area (Å²) in [6.45, 7) is 0. The summed E-state index contributed by atoms with van der Waals surface area (Å²) < 4.78 is 0. The minimum absolute atomic E-state index is 0. The summed E-state index contributed by atoms with van der Waals surface area (Å²) in [5.74, 6) is -2.26. The van der Waals surface area contributed by atoms with Gasteiger partial charge in [-0.25, -0.2) is 0 Å². The smallest absolute Gasteiger partial charge is 0.129 e. The number of rotatable bonds is 6. The molecule has 0 spiro atoms. The summed E-state index contributed by atoms with van der Waals surface area (Å²) in [5.41, 5.74) is 8.71. The average Bonchev–Trinajstić information content (AvgIpc) is 2.59. The van der Waals surface area contributed by atoms with E-state index in [0.29, 0.717) is 22.9 Å². The summed E-state index contributed by atoms with van der Waals surface area (Å²) in [5, 5.41) is 22.0. The Morgan fingerprint density at radius 1 is 0.714 bits per heavy atom. The Labute approximate surface area is 172 Å². The molecular weight excluding hydrogens is 411 g/mol. The van der Waals surface area contributed by atoms with Crippen LogP contribution in [-0.4, -0.2) is 35.0 Å². The third-order valence-corrected chi connectivity index (χ3v) is 3.96. The van der Waals surface area contributed by atoms with E-state index >= 15 is 0 Å². The largest absolute Gasteiger partial charge is 0.544 e. The second kappa shape index (κ2) is 13.9. The van der Waals surface area contributed by atoms with Crippen LogP contribution in [0.5, 0.6) is 0 Å². The number of benzene rings is 2. The maximum atomic E-state index is 10.4. The SMILES string of the molecule is O.O.[NH3+][C@H](Cc1ccc(Cl)cc1)C(=O)[O-].[NH3+][C@H](Cc1ccc(Cl)cc1)C(=O)[O-]. The Morgan fingerprint density at radius 2 is 0.964 bits per heavy atom. The molecule has 0 unspecified atom stereocenters. The van der Waals surface area contributed by atoms with Crippen molar-refractivity contribution in [1.82, 2.24) is 0 Å². The number of carbonyl (C=O) groups excluding carboxylic acids is 2. The Bertz CT molecular complexity index is 662. The molecule has 2 rings (SSSR count). The number of hydrogen-bond acceptors (Lipinski definition) is 4. The minimum atomic E-state index is -1.13. The summed E-state index contributed by atoms with van der Waals surface area (Å²) in [7, 11) is 0. The molecule has 156 valence electrons. The van der Waals surface area contributed by atoms with E-state index in [2.05, 4.69) is 11.5 Å². The molecule has 0 aliphatic rings. The topological polar surface area (TPSA) is 199 Å². The molecule has 0 heterocycles. The molecule has 0 bridgehead atoms. The fraction of sp³-hybridized carbons (Fsp3) is 0.222. The number of aliphatic carboxylic acids is 2. The molecule has 10 heteroatoms. The fourth-order valence-electron chi connectivity index (χ4n) is 1.98. The molecule has 0 radical (unpaired) electrons. The molecule has 0 saturated carbocycles. The lowest BCUT2D eigenvalue weighted by Gasteiger charge is -2.08. The molecule has 0 aliphatic carbocycles. The third-order valence-electron chi connectivity index (χ3n) is 3.46. The van der Waals surface area contributed by atoms with Gasteiger partial charge in [0.15, 0.2) is 0 Å². The van der Waals surface area contributed by atoms with E-state index in [0.717, 1.165) is 11.1 Å². The number of carboxylic acid groups (broad SMARTS) is 2. The van der Waals surface area contributed by atoms with Crippen molar-refractivity contribution in [3.63, 3.8) is 0 Å². The predicted molar refractivity (Wildman–Crippen MR) is 101 cm³/mol. The van der Waals surface area contributed by atoms with Crippen LogP contribution in [0.15, 0.2) is 48.5 Å². The minimum Gasteiger partial charge on any atom is -0.544 e. The average molecular weight is 435 g/mol. The van der Waals surface area contributed by atoms with Gasteiger partial charge >= 0.3 is 0 Å². The third kappa shape index (κ3) is 10.8. The Balaban J connectivity index is 0. The molecular formula is C18H24Cl2N2O6. The Kier molecular flexibility index (Phi) is 13.9. The van der Waals surface area contributed by atoms with E-state index in [1.165, 1.54) is 0 Å². The van der Waals surface area contributed by atoms with E-state index < -0.39 is 24.0 Å². The number of halogens is 2. The Hall–Kier alpha value is -2.20. The zero-order valence-electron chi connectivity index (χ0n) is 15.0. The van der Waals surface area contributed by atoms with E-state index in [1.54, 1.807) is 48.5 Å². The van der Waals surface area contributed by atoms with Crippen molar-refractivity contribution in [2.45, 2.75) is 24.9 Å². The molecule has 10 N–H and O–H groups in total. The van der Waals surface area contributed by atoms with Gasteiger partial charge in [0.05, 0.1) is 11.9 Å². The highest BCUT2D eigenvalue weighted by Crippen LogP contribution is 2.11. The molecule has 0 fully saturated rings. The van der Waals surface area contributed by atoms with Crippen molar-refractivity contribution >= 4 is 35.1 Å². The van der Waals surface area contributed by atoms with Crippen LogP contribution in [0.3, 0.4) is 0 Å². The van der Waals surface area contributed by atoms with E-state index in [9.17, 15) is 19.8 Å². The van der Waals surface area contributed by atoms with Crippen LogP contribution in [-0.2, 0) is 22.4 Å². The maximum Gasteiger partial charge on any atom is 0.129 e. The molecule has 8 nitrogen and oxygen atoms in total. The number of carboxylic acids is 2. The quantitative estimate of drug-likeness (QED) is 0.483. The lowest BCUT2D eigenvalue weighted by atomic mass is 10.1. The maximum absolute atomic E-state index is 10.4. The predicted octanol–water partition coefficient (Wildman–Crippen LogP) is -3.16. The van der Waals surface area contributed by atoms with Crippen LogP contribution >= 0.6 is 23.2 Å². The van der Waals surface area contributed by atoms with Crippen LogP contribution in [0.4, 0.5) is 0 Å². The molecule has 2 aromatic carbocycles. The van der Waals surface area contributed by atoms with Gasteiger partial charge < -0.3 is 42.2 Å². The van der Waals surface area contributed by atoms with E-state index in [-0.39, 0.29) is 11.0 Å². The summed E-state index contributed by atoms with van der Waals surface area (Å²) in [4.78, 5) is 20.7. The van der Waals surface area contributed by atoms with Crippen LogP contribution in [0.1, 0.15) is 11.1 Å². The van der Waals surface area contributed by atoms with Crippen molar-refractivity contribution in [2.75, 3.05) is 0 Å². The van der Waals surface area contributed by atoms with Gasteiger partial charge in [-0.1, -0.05) is 47.5 Å². The number of carbonyl (C=O) groups is 2. The molecule has 0 aromatic heterocycles. The van der Waals surface area contributed by atoms with Gasteiger partial charge in [-0.05, 0) is 35.4 Å². The lowest BCUT2D eigenvalue weighted by Crippen LogP contribution is -2.69. The van der Waals surface area contributed by atoms with Gasteiger partial charge in [-0.3, -0.25) is 0 Å². The Morgan fingerprint density at radius 3 is 1.18 bits per heavy atom. The standard InChI is InChI=1S/2C9H10ClNO2.2H2O/c2*10-7-3-1-6(2-4-7)5-8(11)9(12)13;;/h2*1-4,8H,5,11H2,(H,12,13);2*1H2/t2*8-;;/m11../s1. The molecule has 0 aliphatic heterocycles. The van der Waals surface area contributed by atoms with Gasteiger partial charge in [0.25, 0.3) is 0 Å². The van der Waals surface area contributed by atoms with Gasteiger partial charge in [0, 0.05) is 22.9 Å². The summed E-state index contributed by atoms with van der Waals surface area (Å²) >= 11 is 11.3. The summed E-state index contributed by atoms with van der Waals surface area (Å²) in [6, 6.07) is 12.6. The summed E-state index contributed by atoms with van der Waals surface area (Å²) in [6.07, 6.45) is 0.749. The highest BCUT2D eigenvalue weighted by molar-refractivity contribution is 6.30. The van der Waals surface area contributed by atoms with Crippen LogP contribution in [0.25, 0.3) is 0 Å². The second-order valence-electron chi connectivity index (χ2n) is 5.69. The highest BCUT2D eigenvalue weighted by Gasteiger charge is 2.08. The number of hydrogen-bond donors (Lipinski definition) is 2. The van der Waals surface area contributed by atoms with E-state index in [1.807, 2.05) is 0 Å². The van der Waals surface area contributed by atoms with Gasteiger partial charge in [-0.2, -0.15) is 0 Å². The molecule has 0 amide bonds. The molecule has 28 heavy (non-hydrogen) atoms. The van der Waals surface area contributed by atoms with E-state index in [4.69, 9.17) is 23.2 Å². The monoisotopic (exact) mass is 434 g/mol. The highest BCUT2D eigenvalue weighted by atomic mass is 35.5. The van der Waals surface area contributed by atoms with Crippen molar-refractivity contribution in [2.24, 2.45) is 0 Å². The first-order valence-electron chi connectivity index (χ1n) is 7.75. The van der Waals surface area contributed by atoms with Gasteiger partial charge in [0.2, 0.25) is 0 Å². The van der Waals surface area contributed by atoms with Crippen molar-refractivity contribution in [3.05, 3.63) is 69.7 Å². The van der Waals surface area contributed by atoms with Crippen molar-refractivity contribution in [3.8, 4) is 0 Å². The molecule has 2 atom stereocenters.